The molecule has 2 rings (SSSR count). The van der Waals surface area contributed by atoms with Crippen LogP contribution >= 0.6 is 12.6 Å². The minimum atomic E-state index is 0.356. The fourth-order valence-electron chi connectivity index (χ4n) is 0.882. The molecule has 2 aromatic rings. The molecule has 0 saturated heterocycles. The van der Waals surface area contributed by atoms with E-state index >= 15 is 0 Å². The molecule has 0 aliphatic heterocycles. The smallest absolute Gasteiger partial charge is 0.261 e. The average molecular weight is 168 g/mol. The van der Waals surface area contributed by atoms with Gasteiger partial charge < -0.3 is 5.21 Å². The Morgan fingerprint density at radius 2 is 2.36 bits per heavy atom. The van der Waals surface area contributed by atoms with Gasteiger partial charge in [0, 0.05) is 5.16 Å². The highest BCUT2D eigenvalue weighted by molar-refractivity contribution is 7.80. The molecule has 0 N–H and O–H groups in total. The fourth-order valence-corrected chi connectivity index (χ4v) is 1.12. The Kier molecular flexibility index (Phi) is 1.25. The first-order valence-electron chi connectivity index (χ1n) is 2.96. The molecule has 56 valence electrons. The van der Waals surface area contributed by atoms with Gasteiger partial charge in [-0.15, -0.1) is 12.6 Å². The lowest BCUT2D eigenvalue weighted by Crippen LogP contribution is -2.22. The van der Waals surface area contributed by atoms with Crippen LogP contribution in [0.2, 0.25) is 0 Å². The summed E-state index contributed by atoms with van der Waals surface area (Å²) in [7, 11) is 0. The molecule has 0 unspecified atom stereocenters. The third kappa shape index (κ3) is 0.848. The van der Waals surface area contributed by atoms with Gasteiger partial charge >= 0.3 is 0 Å². The Labute approximate surface area is 67.4 Å². The first kappa shape index (κ1) is 6.48. The van der Waals surface area contributed by atoms with Crippen LogP contribution in [-0.2, 0) is 0 Å². The maximum atomic E-state index is 10.8. The summed E-state index contributed by atoms with van der Waals surface area (Å²) in [5.74, 6) is 0. The molecule has 0 aliphatic carbocycles. The van der Waals surface area contributed by atoms with Crippen molar-refractivity contribution in [1.82, 2.24) is 5.16 Å². The first-order valence-corrected chi connectivity index (χ1v) is 3.41. The highest BCUT2D eigenvalue weighted by Crippen LogP contribution is 2.15. The molecule has 0 spiro atoms. The van der Waals surface area contributed by atoms with E-state index in [9.17, 15) is 5.21 Å². The zero-order valence-electron chi connectivity index (χ0n) is 5.39. The summed E-state index contributed by atoms with van der Waals surface area (Å²) in [4.78, 5) is 0.996. The normalized spacial score (nSPS) is 10.6. The van der Waals surface area contributed by atoms with Crippen molar-refractivity contribution in [3.05, 3.63) is 23.4 Å². The molecule has 1 aromatic heterocycles. The average Bonchev–Trinajstić information content (AvgIpc) is 2.35. The molecule has 4 nitrogen and oxygen atoms in total. The molecule has 1 aromatic carbocycles. The van der Waals surface area contributed by atoms with Gasteiger partial charge in [-0.25, -0.2) is 0 Å². The highest BCUT2D eigenvalue weighted by atomic mass is 32.1. The van der Waals surface area contributed by atoms with Crippen LogP contribution in [0.5, 0.6) is 0 Å². The third-order valence-corrected chi connectivity index (χ3v) is 1.76. The first-order chi connectivity index (χ1) is 5.29. The summed E-state index contributed by atoms with van der Waals surface area (Å²) in [5.41, 5.74) is 0.892. The van der Waals surface area contributed by atoms with Gasteiger partial charge in [-0.05, 0) is 17.0 Å². The predicted octanol–water partition coefficient (Wildman–Crippen LogP) is 0.750. The number of rotatable bonds is 0. The lowest BCUT2D eigenvalue weighted by atomic mass is 10.3. The number of hydrogen-bond donors (Lipinski definition) is 1. The SMILES string of the molecule is [O-][n+]1onc2c(S)cccc21. The van der Waals surface area contributed by atoms with Gasteiger partial charge in [0.2, 0.25) is 5.52 Å². The minimum absolute atomic E-state index is 0.356. The Morgan fingerprint density at radius 1 is 1.55 bits per heavy atom. The van der Waals surface area contributed by atoms with E-state index in [1.807, 2.05) is 0 Å². The summed E-state index contributed by atoms with van der Waals surface area (Å²) in [6, 6.07) is 5.09. The molecule has 0 bridgehead atoms. The van der Waals surface area contributed by atoms with Crippen LogP contribution in [0.25, 0.3) is 11.0 Å². The van der Waals surface area contributed by atoms with Crippen LogP contribution in [-0.4, -0.2) is 5.16 Å². The van der Waals surface area contributed by atoms with Gasteiger partial charge in [0.15, 0.2) is 0 Å². The van der Waals surface area contributed by atoms with Gasteiger partial charge in [-0.1, -0.05) is 6.07 Å². The number of fused-ring (bicyclic) bond motifs is 1. The molecule has 0 amide bonds. The molecule has 11 heavy (non-hydrogen) atoms. The summed E-state index contributed by atoms with van der Waals surface area (Å²) < 4.78 is 4.36. The molecular formula is C6H4N2O2S. The summed E-state index contributed by atoms with van der Waals surface area (Å²) in [6.07, 6.45) is 0. The Balaban J connectivity index is 2.94. The predicted molar refractivity (Wildman–Crippen MR) is 40.2 cm³/mol. The van der Waals surface area contributed by atoms with E-state index in [0.29, 0.717) is 20.8 Å². The minimum Gasteiger partial charge on any atom is -0.359 e. The quantitative estimate of drug-likeness (QED) is 0.466. The lowest BCUT2D eigenvalue weighted by molar-refractivity contribution is -0.782. The largest absolute Gasteiger partial charge is 0.359 e. The van der Waals surface area contributed by atoms with Crippen molar-refractivity contribution in [1.29, 1.82) is 0 Å². The molecule has 0 saturated carbocycles. The van der Waals surface area contributed by atoms with E-state index in [1.54, 1.807) is 18.2 Å². The molecule has 5 heteroatoms. The summed E-state index contributed by atoms with van der Waals surface area (Å²) in [5, 5.41) is 14.3. The van der Waals surface area contributed by atoms with Crippen molar-refractivity contribution in [2.75, 3.05) is 0 Å². The summed E-state index contributed by atoms with van der Waals surface area (Å²) >= 11 is 4.09. The molecule has 0 aliphatic rings. The van der Waals surface area contributed by atoms with Crippen LogP contribution in [0.15, 0.2) is 27.7 Å². The van der Waals surface area contributed by atoms with Crippen LogP contribution < -0.4 is 4.90 Å². The zero-order valence-corrected chi connectivity index (χ0v) is 6.28. The second kappa shape index (κ2) is 2.13. The van der Waals surface area contributed by atoms with Crippen LogP contribution in [0.1, 0.15) is 0 Å². The lowest BCUT2D eigenvalue weighted by Gasteiger charge is -1.86. The van der Waals surface area contributed by atoms with E-state index in [-0.39, 0.29) is 0 Å². The van der Waals surface area contributed by atoms with Gasteiger partial charge in [-0.3, -0.25) is 4.63 Å². The topological polar surface area (TPSA) is 53.0 Å². The third-order valence-electron chi connectivity index (χ3n) is 1.40. The Bertz CT molecular complexity index is 398. The van der Waals surface area contributed by atoms with Crippen molar-refractivity contribution in [3.63, 3.8) is 0 Å². The van der Waals surface area contributed by atoms with Crippen molar-refractivity contribution in [2.24, 2.45) is 0 Å². The zero-order chi connectivity index (χ0) is 7.84. The summed E-state index contributed by atoms with van der Waals surface area (Å²) in [6.45, 7) is 0. The maximum absolute atomic E-state index is 10.8. The number of nitrogens with zero attached hydrogens (tertiary/aromatic N) is 2. The molecule has 0 fully saturated rings. The van der Waals surface area contributed by atoms with Crippen LogP contribution in [0, 0.1) is 5.21 Å². The van der Waals surface area contributed by atoms with Gasteiger partial charge in [0.05, 0.1) is 4.90 Å². The van der Waals surface area contributed by atoms with Crippen molar-refractivity contribution in [3.8, 4) is 0 Å². The van der Waals surface area contributed by atoms with Gasteiger partial charge in [-0.2, -0.15) is 0 Å². The number of thiol groups is 1. The van der Waals surface area contributed by atoms with Gasteiger partial charge in [0.1, 0.15) is 0 Å². The van der Waals surface area contributed by atoms with E-state index in [4.69, 9.17) is 0 Å². The van der Waals surface area contributed by atoms with E-state index in [2.05, 4.69) is 22.4 Å². The van der Waals surface area contributed by atoms with E-state index in [0.717, 1.165) is 0 Å². The second-order valence-corrected chi connectivity index (χ2v) is 2.56. The monoisotopic (exact) mass is 168 g/mol. The molecule has 0 atom stereocenters. The Morgan fingerprint density at radius 3 is 3.09 bits per heavy atom. The number of hydrogen-bond acceptors (Lipinski definition) is 4. The standard InChI is InChI=1S/C6H4N2O2S/c9-8-4-2-1-3-5(11)6(4)7-10-8/h1-3,11H. The number of aromatic nitrogens is 2. The molecule has 1 heterocycles. The van der Waals surface area contributed by atoms with Crippen molar-refractivity contribution >= 4 is 23.7 Å². The van der Waals surface area contributed by atoms with Crippen molar-refractivity contribution in [2.45, 2.75) is 4.90 Å². The maximum Gasteiger partial charge on any atom is 0.261 e. The number of benzene rings is 1. The van der Waals surface area contributed by atoms with E-state index < -0.39 is 0 Å². The van der Waals surface area contributed by atoms with E-state index in [1.165, 1.54) is 0 Å². The van der Waals surface area contributed by atoms with Crippen LogP contribution in [0.4, 0.5) is 0 Å². The van der Waals surface area contributed by atoms with Crippen LogP contribution in [0.3, 0.4) is 0 Å². The fraction of sp³-hybridized carbons (Fsp3) is 0. The second-order valence-electron chi connectivity index (χ2n) is 2.07. The van der Waals surface area contributed by atoms with Gasteiger partial charge in [0.25, 0.3) is 5.52 Å². The molecular weight excluding hydrogens is 164 g/mol. The Hall–Kier alpha value is -1.23. The van der Waals surface area contributed by atoms with Crippen molar-refractivity contribution < 1.29 is 9.53 Å². The molecule has 0 radical (unpaired) electrons. The highest BCUT2D eigenvalue weighted by Gasteiger charge is 2.10.